The highest BCUT2D eigenvalue weighted by Crippen LogP contribution is 2.25. The Labute approximate surface area is 263 Å². The van der Waals surface area contributed by atoms with Crippen LogP contribution in [0.15, 0.2) is 109 Å². The molecule has 2 N–H and O–H groups in total. The van der Waals surface area contributed by atoms with Crippen molar-refractivity contribution in [3.05, 3.63) is 132 Å². The summed E-state index contributed by atoms with van der Waals surface area (Å²) in [7, 11) is 0. The Bertz CT molecular complexity index is 1690. The second-order valence-electron chi connectivity index (χ2n) is 11.1. The van der Waals surface area contributed by atoms with E-state index >= 15 is 0 Å². The average Bonchev–Trinajstić information content (AvgIpc) is 3.12. The molecular weight excluding hydrogens is 564 g/mol. The first kappa shape index (κ1) is 31.2. The van der Waals surface area contributed by atoms with E-state index in [9.17, 15) is 14.4 Å². The quantitative estimate of drug-likeness (QED) is 0.218. The zero-order chi connectivity index (χ0) is 31.6. The van der Waals surface area contributed by atoms with Crippen molar-refractivity contribution in [2.75, 3.05) is 26.2 Å². The number of hydrazine groups is 1. The monoisotopic (exact) mass is 602 g/mol. The lowest BCUT2D eigenvalue weighted by atomic mass is 10.0. The fraction of sp³-hybridized carbons (Fsp3) is 0.250. The van der Waals surface area contributed by atoms with Crippen LogP contribution in [-0.2, 0) is 29.1 Å². The van der Waals surface area contributed by atoms with E-state index in [4.69, 9.17) is 0 Å². The number of hydrogen-bond donors (Lipinski definition) is 2. The van der Waals surface area contributed by atoms with Gasteiger partial charge in [0, 0.05) is 43.3 Å². The summed E-state index contributed by atoms with van der Waals surface area (Å²) in [6.07, 6.45) is 3.81. The lowest BCUT2D eigenvalue weighted by Gasteiger charge is -2.35. The molecule has 1 saturated heterocycles. The maximum atomic E-state index is 13.6. The minimum absolute atomic E-state index is 0.0767. The number of aromatic nitrogens is 1. The molecule has 0 spiro atoms. The van der Waals surface area contributed by atoms with Crippen molar-refractivity contribution < 1.29 is 14.4 Å². The number of rotatable bonds is 9. The number of carbonyl (C=O) groups is 2. The Balaban J connectivity index is 1.48. The van der Waals surface area contributed by atoms with Crippen LogP contribution < -0.4 is 10.6 Å². The van der Waals surface area contributed by atoms with Gasteiger partial charge in [-0.3, -0.25) is 14.8 Å². The number of fused-ring (bicyclic) bond motifs is 1. The Morgan fingerprint density at radius 3 is 2.49 bits per heavy atom. The van der Waals surface area contributed by atoms with Crippen molar-refractivity contribution in [3.63, 3.8) is 0 Å². The first-order chi connectivity index (χ1) is 22.0. The van der Waals surface area contributed by atoms with E-state index in [-0.39, 0.29) is 25.0 Å². The molecule has 0 aliphatic carbocycles. The van der Waals surface area contributed by atoms with E-state index in [1.807, 2.05) is 90.7 Å². The van der Waals surface area contributed by atoms with Gasteiger partial charge in [0.25, 0.3) is 0 Å². The van der Waals surface area contributed by atoms with Crippen LogP contribution in [0.1, 0.15) is 22.3 Å². The lowest BCUT2D eigenvalue weighted by molar-refractivity contribution is -0.125. The van der Waals surface area contributed by atoms with Gasteiger partial charge in [-0.1, -0.05) is 84.9 Å². The number of aryl methyl sites for hydroxylation is 1. The molecule has 1 aliphatic rings. The summed E-state index contributed by atoms with van der Waals surface area (Å²) in [6, 6.07) is 26.4. The van der Waals surface area contributed by atoms with E-state index in [2.05, 4.69) is 34.2 Å². The van der Waals surface area contributed by atoms with Gasteiger partial charge in [-0.15, -0.1) is 6.58 Å². The number of nitrogens with one attached hydrogen (secondary N) is 2. The zero-order valence-electron chi connectivity index (χ0n) is 25.5. The maximum Gasteiger partial charge on any atom is 0.332 e. The standard InChI is InChI=1S/C36H38N6O3/c1-3-19-42(36(45)38-23-29-13-8-5-9-14-29)41-21-20-40(24-31-27(2)16-17-30-15-10-18-37-35(30)31)33(26-43)32(39-34(44)25-41)22-28-11-6-4-7-12-28/h3-18,32H,1,19-25H2,2H3,(H,38,45)(H,39,44)/t32-/m0/s1. The van der Waals surface area contributed by atoms with Gasteiger partial charge in [0.15, 0.2) is 0 Å². The van der Waals surface area contributed by atoms with Gasteiger partial charge in [0.2, 0.25) is 5.91 Å². The van der Waals surface area contributed by atoms with Crippen molar-refractivity contribution in [1.82, 2.24) is 30.5 Å². The largest absolute Gasteiger partial charge is 0.358 e. The lowest BCUT2D eigenvalue weighted by Crippen LogP contribution is -2.54. The molecule has 1 fully saturated rings. The summed E-state index contributed by atoms with van der Waals surface area (Å²) in [5.74, 6) is 1.88. The molecule has 3 amide bonds. The molecule has 1 atom stereocenters. The number of urea groups is 1. The summed E-state index contributed by atoms with van der Waals surface area (Å²) in [5.41, 5.74) is 5.17. The van der Waals surface area contributed by atoms with Crippen LogP contribution in [0.25, 0.3) is 10.9 Å². The van der Waals surface area contributed by atoms with Crippen LogP contribution in [0.2, 0.25) is 0 Å². The molecule has 45 heavy (non-hydrogen) atoms. The number of carbonyl (C=O) groups excluding carboxylic acids is 3. The van der Waals surface area contributed by atoms with E-state index in [1.54, 1.807) is 17.3 Å². The third-order valence-electron chi connectivity index (χ3n) is 7.97. The Morgan fingerprint density at radius 1 is 1.04 bits per heavy atom. The van der Waals surface area contributed by atoms with Crippen LogP contribution in [0.3, 0.4) is 0 Å². The molecular formula is C36H38N6O3. The number of nitrogens with zero attached hydrogens (tertiary/aromatic N) is 4. The highest BCUT2D eigenvalue weighted by molar-refractivity contribution is 5.83. The smallest absolute Gasteiger partial charge is 0.332 e. The van der Waals surface area contributed by atoms with Crippen LogP contribution in [-0.4, -0.2) is 70.0 Å². The second kappa shape index (κ2) is 15.0. The van der Waals surface area contributed by atoms with Gasteiger partial charge < -0.3 is 15.5 Å². The van der Waals surface area contributed by atoms with Gasteiger partial charge in [0.1, 0.15) is 11.6 Å². The highest BCUT2D eigenvalue weighted by Gasteiger charge is 2.31. The first-order valence-electron chi connectivity index (χ1n) is 15.1. The molecule has 4 aromatic rings. The molecule has 2 heterocycles. The summed E-state index contributed by atoms with van der Waals surface area (Å²) < 4.78 is 0. The van der Waals surface area contributed by atoms with Crippen LogP contribution in [0.5, 0.6) is 0 Å². The van der Waals surface area contributed by atoms with Crippen LogP contribution in [0.4, 0.5) is 4.79 Å². The fourth-order valence-electron chi connectivity index (χ4n) is 5.64. The molecule has 9 heteroatoms. The summed E-state index contributed by atoms with van der Waals surface area (Å²) in [6.45, 7) is 7.36. The summed E-state index contributed by atoms with van der Waals surface area (Å²) in [4.78, 5) is 46.4. The van der Waals surface area contributed by atoms with E-state index in [0.29, 0.717) is 38.3 Å². The van der Waals surface area contributed by atoms with Crippen LogP contribution >= 0.6 is 0 Å². The average molecular weight is 603 g/mol. The van der Waals surface area contributed by atoms with Gasteiger partial charge >= 0.3 is 6.03 Å². The number of hydrogen-bond acceptors (Lipinski definition) is 6. The molecule has 0 saturated carbocycles. The Morgan fingerprint density at radius 2 is 1.78 bits per heavy atom. The predicted octanol–water partition coefficient (Wildman–Crippen LogP) is 4.42. The molecule has 1 aliphatic heterocycles. The Kier molecular flexibility index (Phi) is 10.4. The van der Waals surface area contributed by atoms with Crippen molar-refractivity contribution in [2.45, 2.75) is 32.5 Å². The van der Waals surface area contributed by atoms with Crippen molar-refractivity contribution in [3.8, 4) is 0 Å². The first-order valence-corrected chi connectivity index (χ1v) is 15.1. The van der Waals surface area contributed by atoms with E-state index in [1.165, 1.54) is 5.01 Å². The van der Waals surface area contributed by atoms with Gasteiger partial charge in [-0.05, 0) is 36.1 Å². The van der Waals surface area contributed by atoms with E-state index < -0.39 is 6.04 Å². The number of pyridine rings is 1. The minimum Gasteiger partial charge on any atom is -0.358 e. The highest BCUT2D eigenvalue weighted by atomic mass is 16.2. The van der Waals surface area contributed by atoms with Gasteiger partial charge in [0.05, 0.1) is 24.6 Å². The SMILES string of the molecule is C=CCN(C(=O)NCc1ccccc1)N1CCN(Cc2c(C)ccc3cccnc23)C(=C=O)[C@H](Cc2ccccc2)NC(=O)C1. The van der Waals surface area contributed by atoms with Crippen molar-refractivity contribution >= 4 is 28.8 Å². The van der Waals surface area contributed by atoms with Gasteiger partial charge in [-0.2, -0.15) is 0 Å². The Hall–Kier alpha value is -5.24. The van der Waals surface area contributed by atoms with Crippen molar-refractivity contribution in [1.29, 1.82) is 0 Å². The molecule has 0 unspecified atom stereocenters. The van der Waals surface area contributed by atoms with E-state index in [0.717, 1.165) is 33.2 Å². The van der Waals surface area contributed by atoms with Crippen LogP contribution in [0, 0.1) is 6.92 Å². The molecule has 5 rings (SSSR count). The normalized spacial score (nSPS) is 15.8. The molecule has 0 bridgehead atoms. The zero-order valence-corrected chi connectivity index (χ0v) is 25.5. The third-order valence-corrected chi connectivity index (χ3v) is 7.97. The maximum absolute atomic E-state index is 13.6. The molecule has 9 nitrogen and oxygen atoms in total. The fourth-order valence-corrected chi connectivity index (χ4v) is 5.64. The summed E-state index contributed by atoms with van der Waals surface area (Å²) in [5, 5.41) is 10.3. The number of benzene rings is 3. The molecule has 230 valence electrons. The predicted molar refractivity (Wildman–Crippen MR) is 175 cm³/mol. The topological polar surface area (TPSA) is 97.9 Å². The summed E-state index contributed by atoms with van der Waals surface area (Å²) >= 11 is 0. The molecule has 1 aromatic heterocycles. The number of amides is 3. The third kappa shape index (κ3) is 7.84. The minimum atomic E-state index is -0.625. The van der Waals surface area contributed by atoms with Gasteiger partial charge in [-0.25, -0.2) is 14.6 Å². The second-order valence-corrected chi connectivity index (χ2v) is 11.1. The molecule has 0 radical (unpaired) electrons. The molecule has 3 aromatic carbocycles. The van der Waals surface area contributed by atoms with Crippen molar-refractivity contribution in [2.24, 2.45) is 0 Å².